The highest BCUT2D eigenvalue weighted by Crippen LogP contribution is 2.49. The van der Waals surface area contributed by atoms with Crippen LogP contribution in [0.3, 0.4) is 0 Å². The summed E-state index contributed by atoms with van der Waals surface area (Å²) >= 11 is 0. The van der Waals surface area contributed by atoms with E-state index in [1.54, 1.807) is 4.90 Å². The Hall–Kier alpha value is -3.72. The second-order valence-electron chi connectivity index (χ2n) is 10.9. The second-order valence-corrected chi connectivity index (χ2v) is 10.9. The van der Waals surface area contributed by atoms with E-state index in [0.717, 1.165) is 49.3 Å². The molecule has 9 nitrogen and oxygen atoms in total. The number of amides is 3. The van der Waals surface area contributed by atoms with E-state index in [-0.39, 0.29) is 29.6 Å². The summed E-state index contributed by atoms with van der Waals surface area (Å²) in [6.07, 6.45) is 4.69. The molecule has 1 aromatic heterocycles. The van der Waals surface area contributed by atoms with E-state index >= 15 is 0 Å². The molecule has 0 saturated carbocycles. The number of carbonyl (C=O) groups excluding carboxylic acids is 3. The zero-order valence-electron chi connectivity index (χ0n) is 20.8. The quantitative estimate of drug-likeness (QED) is 0.556. The molecule has 5 heterocycles. The molecule has 37 heavy (non-hydrogen) atoms. The van der Waals surface area contributed by atoms with Gasteiger partial charge in [0, 0.05) is 53.7 Å². The summed E-state index contributed by atoms with van der Waals surface area (Å²) in [6, 6.07) is 9.69. The number of piperidine rings is 2. The zero-order chi connectivity index (χ0) is 25.3. The average molecular weight is 500 g/mol. The number of imide groups is 1. The number of benzene rings is 2. The molecule has 1 spiro atoms. The summed E-state index contributed by atoms with van der Waals surface area (Å²) in [4.78, 5) is 41.3. The Labute approximate surface area is 214 Å². The van der Waals surface area contributed by atoms with Gasteiger partial charge in [0.15, 0.2) is 0 Å². The molecule has 0 bridgehead atoms. The fraction of sp³-hybridized carbons (Fsp3) is 0.429. The lowest BCUT2D eigenvalue weighted by atomic mass is 9.74. The fourth-order valence-corrected chi connectivity index (χ4v) is 6.64. The molecule has 2 aromatic carbocycles. The first-order valence-corrected chi connectivity index (χ1v) is 13.0. The summed E-state index contributed by atoms with van der Waals surface area (Å²) in [7, 11) is 1.96. The SMILES string of the molecule is Cn1cc2c(CN3CCC4(CC3)COc3c4ccc4c3CN(C3CCC(=O)NC3=O)C4=O)cccc2n1. The maximum atomic E-state index is 13.2. The smallest absolute Gasteiger partial charge is 0.255 e. The Balaban J connectivity index is 1.09. The molecule has 4 aliphatic rings. The molecule has 0 radical (unpaired) electrons. The third-order valence-corrected chi connectivity index (χ3v) is 8.69. The molecular formula is C28H29N5O4. The van der Waals surface area contributed by atoms with E-state index in [4.69, 9.17) is 4.74 Å². The van der Waals surface area contributed by atoms with Gasteiger partial charge in [-0.3, -0.25) is 29.3 Å². The third-order valence-electron chi connectivity index (χ3n) is 8.69. The predicted molar refractivity (Wildman–Crippen MR) is 135 cm³/mol. The van der Waals surface area contributed by atoms with Crippen molar-refractivity contribution in [3.05, 3.63) is 58.8 Å². The van der Waals surface area contributed by atoms with E-state index in [0.29, 0.717) is 25.1 Å². The van der Waals surface area contributed by atoms with Gasteiger partial charge >= 0.3 is 0 Å². The Morgan fingerprint density at radius 1 is 1.14 bits per heavy atom. The highest BCUT2D eigenvalue weighted by Gasteiger charge is 2.47. The Morgan fingerprint density at radius 2 is 1.97 bits per heavy atom. The van der Waals surface area contributed by atoms with E-state index < -0.39 is 6.04 Å². The lowest BCUT2D eigenvalue weighted by Crippen LogP contribution is -2.52. The second kappa shape index (κ2) is 8.14. The lowest BCUT2D eigenvalue weighted by Gasteiger charge is -2.38. The summed E-state index contributed by atoms with van der Waals surface area (Å²) in [5.74, 6) is 0.00583. The van der Waals surface area contributed by atoms with E-state index in [1.165, 1.54) is 16.5 Å². The minimum Gasteiger partial charge on any atom is -0.492 e. The average Bonchev–Trinajstić information content (AvgIpc) is 3.54. The Morgan fingerprint density at radius 3 is 2.78 bits per heavy atom. The van der Waals surface area contributed by atoms with Crippen molar-refractivity contribution in [2.24, 2.45) is 7.05 Å². The van der Waals surface area contributed by atoms with Gasteiger partial charge in [0.25, 0.3) is 5.91 Å². The molecule has 3 amide bonds. The number of fused-ring (bicyclic) bond motifs is 5. The molecular weight excluding hydrogens is 470 g/mol. The van der Waals surface area contributed by atoms with Crippen molar-refractivity contribution in [1.29, 1.82) is 0 Å². The van der Waals surface area contributed by atoms with Gasteiger partial charge in [0.1, 0.15) is 11.8 Å². The van der Waals surface area contributed by atoms with Crippen molar-refractivity contribution < 1.29 is 19.1 Å². The van der Waals surface area contributed by atoms with Gasteiger partial charge < -0.3 is 9.64 Å². The summed E-state index contributed by atoms with van der Waals surface area (Å²) in [5.41, 5.74) is 4.97. The van der Waals surface area contributed by atoms with Crippen molar-refractivity contribution in [2.45, 2.75) is 50.2 Å². The van der Waals surface area contributed by atoms with E-state index in [9.17, 15) is 14.4 Å². The van der Waals surface area contributed by atoms with Crippen LogP contribution >= 0.6 is 0 Å². The van der Waals surface area contributed by atoms with Crippen LogP contribution in [0.15, 0.2) is 36.5 Å². The predicted octanol–water partition coefficient (Wildman–Crippen LogP) is 2.26. The topological polar surface area (TPSA) is 96.8 Å². The third kappa shape index (κ3) is 3.48. The molecule has 1 atom stereocenters. The lowest BCUT2D eigenvalue weighted by molar-refractivity contribution is -0.136. The van der Waals surface area contributed by atoms with Crippen molar-refractivity contribution in [3.63, 3.8) is 0 Å². The van der Waals surface area contributed by atoms with Crippen LogP contribution in [0.5, 0.6) is 5.75 Å². The van der Waals surface area contributed by atoms with Gasteiger partial charge in [0.2, 0.25) is 11.8 Å². The molecule has 9 heteroatoms. The van der Waals surface area contributed by atoms with Crippen LogP contribution < -0.4 is 10.1 Å². The van der Waals surface area contributed by atoms with Crippen LogP contribution in [0.2, 0.25) is 0 Å². The molecule has 1 unspecified atom stereocenters. The van der Waals surface area contributed by atoms with Gasteiger partial charge in [-0.2, -0.15) is 5.10 Å². The minimum absolute atomic E-state index is 0.0493. The molecule has 3 aromatic rings. The number of hydrogen-bond acceptors (Lipinski definition) is 6. The summed E-state index contributed by atoms with van der Waals surface area (Å²) < 4.78 is 8.19. The highest BCUT2D eigenvalue weighted by molar-refractivity contribution is 6.05. The van der Waals surface area contributed by atoms with Gasteiger partial charge in [-0.15, -0.1) is 0 Å². The largest absolute Gasteiger partial charge is 0.492 e. The molecule has 1 N–H and O–H groups in total. The van der Waals surface area contributed by atoms with E-state index in [2.05, 4.69) is 45.8 Å². The molecule has 2 fully saturated rings. The van der Waals surface area contributed by atoms with Crippen LogP contribution in [0, 0.1) is 0 Å². The van der Waals surface area contributed by atoms with Crippen molar-refractivity contribution >= 4 is 28.6 Å². The normalized spacial score (nSPS) is 22.9. The number of nitrogens with one attached hydrogen (secondary N) is 1. The first-order valence-electron chi connectivity index (χ1n) is 13.0. The number of nitrogens with zero attached hydrogens (tertiary/aromatic N) is 4. The van der Waals surface area contributed by atoms with Gasteiger partial charge in [-0.05, 0) is 50.0 Å². The molecule has 0 aliphatic carbocycles. The minimum atomic E-state index is -0.615. The van der Waals surface area contributed by atoms with Crippen LogP contribution in [-0.2, 0) is 35.1 Å². The van der Waals surface area contributed by atoms with E-state index in [1.807, 2.05) is 17.8 Å². The molecule has 2 saturated heterocycles. The van der Waals surface area contributed by atoms with Crippen LogP contribution in [0.25, 0.3) is 10.9 Å². The van der Waals surface area contributed by atoms with Crippen LogP contribution in [-0.4, -0.2) is 63.0 Å². The van der Waals surface area contributed by atoms with Gasteiger partial charge in [0.05, 0.1) is 18.7 Å². The van der Waals surface area contributed by atoms with Gasteiger partial charge in [-0.25, -0.2) is 0 Å². The highest BCUT2D eigenvalue weighted by atomic mass is 16.5. The molecule has 4 aliphatic heterocycles. The van der Waals surface area contributed by atoms with Gasteiger partial charge in [-0.1, -0.05) is 18.2 Å². The van der Waals surface area contributed by atoms with Crippen molar-refractivity contribution in [3.8, 4) is 5.75 Å². The summed E-state index contributed by atoms with van der Waals surface area (Å²) in [5, 5.41) is 8.12. The van der Waals surface area contributed by atoms with Crippen LogP contribution in [0.1, 0.15) is 52.7 Å². The number of aryl methyl sites for hydroxylation is 1. The fourth-order valence-electron chi connectivity index (χ4n) is 6.64. The number of carbonyl (C=O) groups is 3. The summed E-state index contributed by atoms with van der Waals surface area (Å²) in [6.45, 7) is 3.81. The number of aromatic nitrogens is 2. The van der Waals surface area contributed by atoms with Crippen molar-refractivity contribution in [2.75, 3.05) is 19.7 Å². The molecule has 7 rings (SSSR count). The standard InChI is InChI=1S/C28H29N5O4/c1-31-14-19-17(3-2-4-22(19)30-31)13-32-11-9-28(10-12-32)16-37-25-20-15-33(23-7-8-24(34)29-26(23)35)27(36)18(20)5-6-21(25)28/h2-6,14,23H,7-13,15-16H2,1H3,(H,29,34,35). The maximum Gasteiger partial charge on any atom is 0.255 e. The molecule has 190 valence electrons. The maximum absolute atomic E-state index is 13.2. The number of ether oxygens (including phenoxy) is 1. The monoisotopic (exact) mass is 499 g/mol. The first kappa shape index (κ1) is 22.5. The van der Waals surface area contributed by atoms with Crippen LogP contribution in [0.4, 0.5) is 0 Å². The zero-order valence-corrected chi connectivity index (χ0v) is 20.8. The Bertz CT molecular complexity index is 1470. The number of hydrogen-bond donors (Lipinski definition) is 1. The number of likely N-dealkylation sites (tertiary alicyclic amines) is 1. The Kier molecular flexibility index (Phi) is 4.95. The first-order chi connectivity index (χ1) is 17.9. The number of rotatable bonds is 3. The van der Waals surface area contributed by atoms with Crippen molar-refractivity contribution in [1.82, 2.24) is 24.9 Å².